The van der Waals surface area contributed by atoms with E-state index < -0.39 is 104 Å². The fraction of sp³-hybridized carbons (Fsp3) is 0.952. The molecule has 5 saturated carbocycles. The van der Waals surface area contributed by atoms with Gasteiger partial charge >= 0.3 is 0 Å². The topological polar surface area (TPSA) is 259 Å². The number of hydrogen-bond donors (Lipinski definition) is 11. The van der Waals surface area contributed by atoms with Gasteiger partial charge in [0.05, 0.1) is 44.2 Å². The molecule has 0 amide bonds. The maximum atomic E-state index is 11.9. The molecule has 0 aromatic rings. The predicted molar refractivity (Wildman–Crippen MR) is 202 cm³/mol. The second-order valence-corrected chi connectivity index (χ2v) is 20.2. The minimum Gasteiger partial charge on any atom is -0.394 e. The first-order chi connectivity index (χ1) is 26.7. The molecule has 57 heavy (non-hydrogen) atoms. The summed E-state index contributed by atoms with van der Waals surface area (Å²) in [6, 6.07) is 0. The van der Waals surface area contributed by atoms with Gasteiger partial charge in [0, 0.05) is 11.8 Å². The molecule has 7 fully saturated rings. The van der Waals surface area contributed by atoms with Crippen LogP contribution in [-0.2, 0) is 18.9 Å². The van der Waals surface area contributed by atoms with Crippen molar-refractivity contribution in [2.45, 2.75) is 178 Å². The molecule has 0 aromatic carbocycles. The lowest BCUT2D eigenvalue weighted by atomic mass is 9.41. The van der Waals surface area contributed by atoms with Crippen LogP contribution in [0.3, 0.4) is 0 Å². The standard InChI is InChI=1S/C42H70O15/c1-19(2)21(45)13-22(46)20(3)29-23(47)14-40(6)27-8-7-26-38(4,18-54-36-34(52)32(50)30(48)24(15-43)55-36)28(57-37-35(53)33(51)31(49)25(16-44)56-37)9-10-41(26)17-42(27,41)12-11-39(29,40)5/h20-37,43-53H,1,7-18H2,2-6H3/t20-,21?,22+,23+,24-,25-,26+,27+,28+,29+,30-,31+,32+,33+,34-,35-,36-,37+,38-,39-,40+,41-,42+/m1/s1. The first-order valence-electron chi connectivity index (χ1n) is 21.3. The Balaban J connectivity index is 1.17. The van der Waals surface area contributed by atoms with Crippen molar-refractivity contribution in [2.24, 2.45) is 50.7 Å². The highest BCUT2D eigenvalue weighted by atomic mass is 16.7. The van der Waals surface area contributed by atoms with Crippen LogP contribution in [0.4, 0.5) is 0 Å². The molecule has 11 N–H and O–H groups in total. The van der Waals surface area contributed by atoms with E-state index in [2.05, 4.69) is 20.4 Å². The van der Waals surface area contributed by atoms with Crippen molar-refractivity contribution in [3.8, 4) is 0 Å². The van der Waals surface area contributed by atoms with Crippen LogP contribution in [0.25, 0.3) is 0 Å². The Morgan fingerprint density at radius 1 is 0.737 bits per heavy atom. The molecular weight excluding hydrogens is 744 g/mol. The minimum absolute atomic E-state index is 0.00534. The SMILES string of the molecule is C=C(C)C(O)C[C@H](O)[C@@H](C)[C@H]1[C@@H](O)C[C@@]2(C)[C@@H]3CC[C@H]4[C@@](C)(CO[C@@H]5O[C@H](CO)[C@@H](O)[C@H](O)[C@H]5O)[C@@H](O[C@@H]5O[C@H](CO)[C@H](O)[C@H](O)[C@H]5O)CC[C@@]45C[C@@]35CC[C@]12C. The van der Waals surface area contributed by atoms with E-state index in [-0.39, 0.29) is 58.4 Å². The summed E-state index contributed by atoms with van der Waals surface area (Å²) in [6.45, 7) is 13.0. The third-order valence-electron chi connectivity index (χ3n) is 17.7. The highest BCUT2D eigenvalue weighted by molar-refractivity contribution is 5.31. The average molecular weight is 815 g/mol. The van der Waals surface area contributed by atoms with Crippen molar-refractivity contribution in [2.75, 3.05) is 19.8 Å². The maximum absolute atomic E-state index is 11.9. The van der Waals surface area contributed by atoms with Gasteiger partial charge in [-0.15, -0.1) is 0 Å². The molecule has 2 spiro atoms. The molecule has 15 heteroatoms. The minimum atomic E-state index is -1.63. The maximum Gasteiger partial charge on any atom is 0.186 e. The van der Waals surface area contributed by atoms with Crippen LogP contribution in [0.5, 0.6) is 0 Å². The van der Waals surface area contributed by atoms with Crippen molar-refractivity contribution < 1.29 is 75.1 Å². The molecular formula is C42H70O15. The van der Waals surface area contributed by atoms with E-state index in [0.29, 0.717) is 18.4 Å². The number of aliphatic hydroxyl groups is 11. The van der Waals surface area contributed by atoms with Gasteiger partial charge in [-0.05, 0) is 104 Å². The summed E-state index contributed by atoms with van der Waals surface area (Å²) in [6.07, 6.45) is -11.1. The van der Waals surface area contributed by atoms with E-state index >= 15 is 0 Å². The molecule has 2 heterocycles. The molecule has 1 unspecified atom stereocenters. The zero-order valence-corrected chi connectivity index (χ0v) is 34.1. The fourth-order valence-corrected chi connectivity index (χ4v) is 14.3. The predicted octanol–water partition coefficient (Wildman–Crippen LogP) is -0.298. The van der Waals surface area contributed by atoms with Gasteiger partial charge in [0.2, 0.25) is 0 Å². The summed E-state index contributed by atoms with van der Waals surface area (Å²) in [5, 5.41) is 118. The summed E-state index contributed by atoms with van der Waals surface area (Å²) in [7, 11) is 0. The molecule has 15 nitrogen and oxygen atoms in total. The molecule has 0 bridgehead atoms. The Morgan fingerprint density at radius 3 is 1.89 bits per heavy atom. The molecule has 7 aliphatic rings. The zero-order chi connectivity index (χ0) is 41.8. The smallest absolute Gasteiger partial charge is 0.186 e. The fourth-order valence-electron chi connectivity index (χ4n) is 14.3. The molecule has 2 saturated heterocycles. The van der Waals surface area contributed by atoms with E-state index in [1.807, 2.05) is 13.8 Å². The summed E-state index contributed by atoms with van der Waals surface area (Å²) < 4.78 is 24.5. The molecule has 2 aliphatic heterocycles. The highest BCUT2D eigenvalue weighted by Gasteiger charge is 2.83. The summed E-state index contributed by atoms with van der Waals surface area (Å²) in [4.78, 5) is 0. The van der Waals surface area contributed by atoms with Gasteiger partial charge in [-0.1, -0.05) is 39.8 Å². The lowest BCUT2D eigenvalue weighted by Crippen LogP contribution is -2.63. The number of fused-ring (bicyclic) bond motifs is 2. The zero-order valence-electron chi connectivity index (χ0n) is 34.1. The Kier molecular flexibility index (Phi) is 12.0. The van der Waals surface area contributed by atoms with E-state index in [9.17, 15) is 56.2 Å². The number of hydrogen-bond acceptors (Lipinski definition) is 15. The monoisotopic (exact) mass is 814 g/mol. The summed E-state index contributed by atoms with van der Waals surface area (Å²) in [5.41, 5.74) is -0.923. The summed E-state index contributed by atoms with van der Waals surface area (Å²) >= 11 is 0. The van der Waals surface area contributed by atoms with E-state index in [0.717, 1.165) is 38.5 Å². The molecule has 7 rings (SSSR count). The Morgan fingerprint density at radius 2 is 1.30 bits per heavy atom. The summed E-state index contributed by atoms with van der Waals surface area (Å²) in [5.74, 6) is -0.144. The van der Waals surface area contributed by atoms with Crippen LogP contribution < -0.4 is 0 Å². The Hall–Kier alpha value is -0.860. The van der Waals surface area contributed by atoms with Crippen molar-refractivity contribution in [3.05, 3.63) is 12.2 Å². The van der Waals surface area contributed by atoms with Crippen LogP contribution in [-0.4, -0.2) is 162 Å². The van der Waals surface area contributed by atoms with Crippen molar-refractivity contribution in [1.29, 1.82) is 0 Å². The van der Waals surface area contributed by atoms with Gasteiger partial charge in [-0.25, -0.2) is 0 Å². The van der Waals surface area contributed by atoms with Gasteiger partial charge in [0.1, 0.15) is 48.8 Å². The molecule has 0 aromatic heterocycles. The molecule has 5 aliphatic carbocycles. The van der Waals surface area contributed by atoms with Crippen molar-refractivity contribution in [3.63, 3.8) is 0 Å². The quantitative estimate of drug-likeness (QED) is 0.0894. The van der Waals surface area contributed by atoms with Crippen LogP contribution in [0.15, 0.2) is 12.2 Å². The first-order valence-corrected chi connectivity index (χ1v) is 21.3. The second kappa shape index (κ2) is 15.5. The molecule has 23 atom stereocenters. The third kappa shape index (κ3) is 6.55. The lowest BCUT2D eigenvalue weighted by molar-refractivity contribution is -0.340. The van der Waals surface area contributed by atoms with Crippen LogP contribution >= 0.6 is 0 Å². The molecule has 0 radical (unpaired) electrons. The second-order valence-electron chi connectivity index (χ2n) is 20.2. The number of ether oxygens (including phenoxy) is 4. The Labute approximate surface area is 335 Å². The van der Waals surface area contributed by atoms with Crippen LogP contribution in [0, 0.1) is 50.7 Å². The first kappa shape index (κ1) is 44.2. The van der Waals surface area contributed by atoms with Crippen molar-refractivity contribution >= 4 is 0 Å². The van der Waals surface area contributed by atoms with Crippen molar-refractivity contribution in [1.82, 2.24) is 0 Å². The van der Waals surface area contributed by atoms with Gasteiger partial charge in [-0.2, -0.15) is 0 Å². The van der Waals surface area contributed by atoms with E-state index in [1.54, 1.807) is 6.92 Å². The lowest BCUT2D eigenvalue weighted by Gasteiger charge is -2.64. The van der Waals surface area contributed by atoms with E-state index in [1.165, 1.54) is 0 Å². The third-order valence-corrected chi connectivity index (χ3v) is 17.7. The average Bonchev–Trinajstić information content (AvgIpc) is 3.78. The normalized spacial score (nSPS) is 54.8. The van der Waals surface area contributed by atoms with Crippen LogP contribution in [0.1, 0.15) is 92.4 Å². The van der Waals surface area contributed by atoms with Gasteiger partial charge in [0.25, 0.3) is 0 Å². The van der Waals surface area contributed by atoms with Crippen LogP contribution in [0.2, 0.25) is 0 Å². The van der Waals surface area contributed by atoms with Gasteiger partial charge < -0.3 is 75.1 Å². The largest absolute Gasteiger partial charge is 0.394 e. The van der Waals surface area contributed by atoms with E-state index in [4.69, 9.17) is 18.9 Å². The van der Waals surface area contributed by atoms with Gasteiger partial charge in [-0.3, -0.25) is 0 Å². The number of rotatable bonds is 12. The number of aliphatic hydroxyl groups excluding tert-OH is 11. The highest BCUT2D eigenvalue weighted by Crippen LogP contribution is 2.89. The Bertz CT molecular complexity index is 1470. The molecule has 328 valence electrons. The van der Waals surface area contributed by atoms with Gasteiger partial charge in [0.15, 0.2) is 12.6 Å².